The van der Waals surface area contributed by atoms with Gasteiger partial charge in [0, 0.05) is 45.2 Å². The third-order valence-corrected chi connectivity index (χ3v) is 3.68. The van der Waals surface area contributed by atoms with Crippen molar-refractivity contribution < 1.29 is 4.39 Å². The molecule has 0 spiro atoms. The molecular weight excluding hydrogens is 229 g/mol. The maximum absolute atomic E-state index is 13.2. The van der Waals surface area contributed by atoms with Crippen LogP contribution in [0.25, 0.3) is 0 Å². The van der Waals surface area contributed by atoms with Gasteiger partial charge in [0.05, 0.1) is 0 Å². The van der Waals surface area contributed by atoms with Crippen LogP contribution < -0.4 is 5.73 Å². The Labute approximate surface area is 108 Å². The van der Waals surface area contributed by atoms with Gasteiger partial charge in [0.25, 0.3) is 0 Å². The van der Waals surface area contributed by atoms with Crippen LogP contribution in [0.3, 0.4) is 0 Å². The lowest BCUT2D eigenvalue weighted by Crippen LogP contribution is -2.46. The monoisotopic (exact) mass is 251 g/mol. The van der Waals surface area contributed by atoms with E-state index < -0.39 is 0 Å². The summed E-state index contributed by atoms with van der Waals surface area (Å²) in [5.74, 6) is 0.0495. The number of nitrogens with zero attached hydrogens (tertiary/aromatic N) is 2. The first-order valence-electron chi connectivity index (χ1n) is 6.55. The van der Waals surface area contributed by atoms with E-state index in [1.165, 1.54) is 6.07 Å². The van der Waals surface area contributed by atoms with Gasteiger partial charge in [0.1, 0.15) is 5.82 Å². The van der Waals surface area contributed by atoms with E-state index in [0.717, 1.165) is 38.3 Å². The summed E-state index contributed by atoms with van der Waals surface area (Å²) in [6.45, 7) is 5.83. The van der Waals surface area contributed by atoms with Gasteiger partial charge in [-0.05, 0) is 24.7 Å². The Morgan fingerprint density at radius 1 is 1.28 bits per heavy atom. The van der Waals surface area contributed by atoms with Gasteiger partial charge in [-0.25, -0.2) is 4.39 Å². The minimum atomic E-state index is -0.177. The lowest BCUT2D eigenvalue weighted by atomic mass is 9.98. The Hall–Kier alpha value is -0.970. The smallest absolute Gasteiger partial charge is 0.123 e. The number of likely N-dealkylation sites (N-methyl/N-ethyl adjacent to an activating group) is 1. The number of hydrogen-bond donors (Lipinski definition) is 1. The molecule has 0 radical (unpaired) electrons. The minimum Gasteiger partial charge on any atom is -0.330 e. The lowest BCUT2D eigenvalue weighted by Gasteiger charge is -2.34. The highest BCUT2D eigenvalue weighted by atomic mass is 19.1. The van der Waals surface area contributed by atoms with Crippen LogP contribution in [0.5, 0.6) is 0 Å². The number of hydrogen-bond acceptors (Lipinski definition) is 3. The van der Waals surface area contributed by atoms with E-state index in [-0.39, 0.29) is 11.7 Å². The predicted octanol–water partition coefficient (Wildman–Crippen LogP) is 1.12. The Bertz CT molecular complexity index is 375. The molecule has 100 valence electrons. The van der Waals surface area contributed by atoms with Crippen LogP contribution in [0.1, 0.15) is 11.5 Å². The second-order valence-corrected chi connectivity index (χ2v) is 5.09. The highest BCUT2D eigenvalue weighted by molar-refractivity contribution is 5.21. The summed E-state index contributed by atoms with van der Waals surface area (Å²) in [6, 6.07) is 6.81. The number of nitrogens with two attached hydrogens (primary N) is 1. The molecular formula is C14H22FN3. The van der Waals surface area contributed by atoms with Gasteiger partial charge in [-0.1, -0.05) is 12.1 Å². The summed E-state index contributed by atoms with van der Waals surface area (Å²) in [5, 5.41) is 0. The van der Waals surface area contributed by atoms with Gasteiger partial charge in [-0.3, -0.25) is 0 Å². The minimum absolute atomic E-state index is 0.177. The van der Waals surface area contributed by atoms with Gasteiger partial charge < -0.3 is 15.5 Å². The molecule has 1 aromatic rings. The zero-order chi connectivity index (χ0) is 13.0. The molecule has 4 heteroatoms. The molecule has 3 nitrogen and oxygen atoms in total. The first-order chi connectivity index (χ1) is 8.69. The number of rotatable bonds is 4. The van der Waals surface area contributed by atoms with Crippen molar-refractivity contribution in [3.63, 3.8) is 0 Å². The fraction of sp³-hybridized carbons (Fsp3) is 0.571. The Morgan fingerprint density at radius 2 is 2.00 bits per heavy atom. The molecule has 18 heavy (non-hydrogen) atoms. The summed E-state index contributed by atoms with van der Waals surface area (Å²) < 4.78 is 13.2. The van der Waals surface area contributed by atoms with E-state index in [1.807, 2.05) is 6.07 Å². The molecule has 1 aliphatic rings. The zero-order valence-corrected chi connectivity index (χ0v) is 11.0. The van der Waals surface area contributed by atoms with Crippen molar-refractivity contribution in [3.8, 4) is 0 Å². The van der Waals surface area contributed by atoms with Crippen LogP contribution in [0, 0.1) is 5.82 Å². The molecule has 0 aliphatic carbocycles. The lowest BCUT2D eigenvalue weighted by molar-refractivity contribution is 0.147. The summed E-state index contributed by atoms with van der Waals surface area (Å²) in [4.78, 5) is 4.75. The highest BCUT2D eigenvalue weighted by Crippen LogP contribution is 2.18. The largest absolute Gasteiger partial charge is 0.330 e. The fourth-order valence-electron chi connectivity index (χ4n) is 2.42. The molecule has 2 N–H and O–H groups in total. The predicted molar refractivity (Wildman–Crippen MR) is 72.1 cm³/mol. The maximum atomic E-state index is 13.2. The Morgan fingerprint density at radius 3 is 2.61 bits per heavy atom. The normalized spacial score (nSPS) is 19.9. The molecule has 1 heterocycles. The van der Waals surface area contributed by atoms with E-state index in [4.69, 9.17) is 5.73 Å². The van der Waals surface area contributed by atoms with Crippen LogP contribution in [0.4, 0.5) is 4.39 Å². The van der Waals surface area contributed by atoms with Crippen molar-refractivity contribution >= 4 is 0 Å². The van der Waals surface area contributed by atoms with Crippen LogP contribution in [0.2, 0.25) is 0 Å². The molecule has 1 aromatic carbocycles. The summed E-state index contributed by atoms with van der Waals surface area (Å²) >= 11 is 0. The van der Waals surface area contributed by atoms with Gasteiger partial charge in [-0.15, -0.1) is 0 Å². The van der Waals surface area contributed by atoms with Crippen LogP contribution in [-0.4, -0.2) is 56.1 Å². The second-order valence-electron chi connectivity index (χ2n) is 5.09. The molecule has 0 amide bonds. The topological polar surface area (TPSA) is 32.5 Å². The van der Waals surface area contributed by atoms with Crippen molar-refractivity contribution in [1.29, 1.82) is 0 Å². The number of halogens is 1. The average molecular weight is 251 g/mol. The molecule has 1 fully saturated rings. The Balaban J connectivity index is 1.97. The third kappa shape index (κ3) is 3.51. The SMILES string of the molecule is CN1CCN(CC(CN)c2cccc(F)c2)CC1. The summed E-state index contributed by atoms with van der Waals surface area (Å²) in [6.07, 6.45) is 0. The van der Waals surface area contributed by atoms with Gasteiger partial charge in [0.2, 0.25) is 0 Å². The average Bonchev–Trinajstić information content (AvgIpc) is 2.38. The first kappa shape index (κ1) is 13.5. The van der Waals surface area contributed by atoms with E-state index in [2.05, 4.69) is 16.8 Å². The van der Waals surface area contributed by atoms with E-state index in [0.29, 0.717) is 6.54 Å². The molecule has 2 rings (SSSR count). The van der Waals surface area contributed by atoms with Gasteiger partial charge in [-0.2, -0.15) is 0 Å². The van der Waals surface area contributed by atoms with Crippen LogP contribution in [-0.2, 0) is 0 Å². The van der Waals surface area contributed by atoms with Crippen molar-refractivity contribution in [3.05, 3.63) is 35.6 Å². The van der Waals surface area contributed by atoms with Gasteiger partial charge in [0.15, 0.2) is 0 Å². The number of benzene rings is 1. The van der Waals surface area contributed by atoms with Crippen molar-refractivity contribution in [2.24, 2.45) is 5.73 Å². The highest BCUT2D eigenvalue weighted by Gasteiger charge is 2.18. The third-order valence-electron chi connectivity index (χ3n) is 3.68. The Kier molecular flexibility index (Phi) is 4.69. The molecule has 1 unspecified atom stereocenters. The first-order valence-corrected chi connectivity index (χ1v) is 6.55. The number of piperazine rings is 1. The molecule has 1 atom stereocenters. The molecule has 1 saturated heterocycles. The maximum Gasteiger partial charge on any atom is 0.123 e. The molecule has 0 aromatic heterocycles. The molecule has 0 bridgehead atoms. The fourth-order valence-corrected chi connectivity index (χ4v) is 2.42. The van der Waals surface area contributed by atoms with Crippen LogP contribution >= 0.6 is 0 Å². The van der Waals surface area contributed by atoms with E-state index >= 15 is 0 Å². The van der Waals surface area contributed by atoms with Crippen molar-refractivity contribution in [2.75, 3.05) is 46.3 Å². The molecule has 0 saturated carbocycles. The van der Waals surface area contributed by atoms with E-state index in [9.17, 15) is 4.39 Å². The quantitative estimate of drug-likeness (QED) is 0.870. The molecule has 1 aliphatic heterocycles. The van der Waals surface area contributed by atoms with E-state index in [1.54, 1.807) is 12.1 Å². The van der Waals surface area contributed by atoms with Gasteiger partial charge >= 0.3 is 0 Å². The summed E-state index contributed by atoms with van der Waals surface area (Å²) in [7, 11) is 2.14. The van der Waals surface area contributed by atoms with Crippen molar-refractivity contribution in [1.82, 2.24) is 9.80 Å². The zero-order valence-electron chi connectivity index (χ0n) is 11.0. The van der Waals surface area contributed by atoms with Crippen LogP contribution in [0.15, 0.2) is 24.3 Å². The second kappa shape index (κ2) is 6.27. The standard InChI is InChI=1S/C14H22FN3/c1-17-5-7-18(8-6-17)11-13(10-16)12-3-2-4-14(15)9-12/h2-4,9,13H,5-8,10-11,16H2,1H3. The summed E-state index contributed by atoms with van der Waals surface area (Å²) in [5.41, 5.74) is 6.85. The van der Waals surface area contributed by atoms with Crippen molar-refractivity contribution in [2.45, 2.75) is 5.92 Å².